The molecule has 0 bridgehead atoms. The summed E-state index contributed by atoms with van der Waals surface area (Å²) < 4.78 is 43.1. The van der Waals surface area contributed by atoms with Gasteiger partial charge in [0.25, 0.3) is 0 Å². The largest absolute Gasteiger partial charge is 0.419 e. The fraction of sp³-hybridized carbons (Fsp3) is 0.286. The molecule has 0 saturated carbocycles. The van der Waals surface area contributed by atoms with Crippen LogP contribution in [0.2, 0.25) is 0 Å². The van der Waals surface area contributed by atoms with Crippen molar-refractivity contribution in [2.45, 2.75) is 20.0 Å². The number of hydrogen-bond donors (Lipinski definition) is 0. The molecule has 2 nitrogen and oxygen atoms in total. The standard InChI is InChI=1S/C10H6F3O.C2H3N.C2H6.Y/c11-10(12,13)9(6-7-14)8-4-2-1-3-5-8;1-3-2;1-2;/h1-6H;1H3;1-2H3;/q-1;;;/b9-6+;;;/i;1T;;. The Hall–Kier alpha value is -0.986. The number of carbonyl (C=O) groups excluding carboxylic acids is 1. The van der Waals surface area contributed by atoms with Gasteiger partial charge in [0.2, 0.25) is 7.02 Å². The van der Waals surface area contributed by atoms with Gasteiger partial charge in [-0.15, -0.1) is 0 Å². The molecule has 6 heteroatoms. The van der Waals surface area contributed by atoms with Gasteiger partial charge in [-0.2, -0.15) is 19.2 Å². The van der Waals surface area contributed by atoms with Gasteiger partial charge in [-0.3, -0.25) is 0 Å². The second-order valence-electron chi connectivity index (χ2n) is 2.70. The van der Waals surface area contributed by atoms with E-state index in [1.807, 2.05) is 13.8 Å². The van der Waals surface area contributed by atoms with Crippen LogP contribution >= 0.6 is 0 Å². The summed E-state index contributed by atoms with van der Waals surface area (Å²) in [7, 11) is -0.139. The van der Waals surface area contributed by atoms with Gasteiger partial charge in [-0.05, 0) is 6.29 Å². The van der Waals surface area contributed by atoms with Gasteiger partial charge in [-0.25, -0.2) is 6.57 Å². The van der Waals surface area contributed by atoms with Crippen molar-refractivity contribution in [1.29, 1.82) is 0 Å². The minimum atomic E-state index is -4.53. The number of benzene rings is 1. The molecular formula is C14H15F3NOY-. The van der Waals surface area contributed by atoms with E-state index in [-0.39, 0.29) is 45.3 Å². The molecule has 107 valence electrons. The minimum absolute atomic E-state index is 0. The predicted octanol–water partition coefficient (Wildman–Crippen LogP) is 4.30. The van der Waals surface area contributed by atoms with Gasteiger partial charge in [-0.1, -0.05) is 55.3 Å². The molecule has 0 amide bonds. The van der Waals surface area contributed by atoms with Crippen LogP contribution in [0.4, 0.5) is 13.2 Å². The number of hydrogen-bond acceptors (Lipinski definition) is 1. The number of allylic oxidation sites excluding steroid dienone is 2. The Morgan fingerprint density at radius 1 is 1.35 bits per heavy atom. The zero-order valence-corrected chi connectivity index (χ0v) is 14.1. The van der Waals surface area contributed by atoms with E-state index in [2.05, 4.69) is 4.85 Å². The average molecular weight is 361 g/mol. The van der Waals surface area contributed by atoms with E-state index >= 15 is 0 Å². The molecule has 0 aliphatic heterocycles. The van der Waals surface area contributed by atoms with Crippen molar-refractivity contribution < 1.29 is 52.0 Å². The maximum absolute atomic E-state index is 12.3. The molecule has 0 saturated heterocycles. The monoisotopic (exact) mass is 361 g/mol. The molecule has 0 aliphatic rings. The number of nitrogens with zero attached hydrogens (tertiary/aromatic N) is 1. The van der Waals surface area contributed by atoms with Gasteiger partial charge in [0.05, 0.1) is 0 Å². The normalized spacial score (nSPS) is 10.2. The third-order valence-corrected chi connectivity index (χ3v) is 1.59. The number of rotatable bonds is 2. The summed E-state index contributed by atoms with van der Waals surface area (Å²) in [5.74, 6) is 0. The number of alkyl halides is 3. The Morgan fingerprint density at radius 2 is 1.80 bits per heavy atom. The molecule has 0 fully saturated rings. The van der Waals surface area contributed by atoms with Crippen LogP contribution < -0.4 is 0 Å². The van der Waals surface area contributed by atoms with E-state index in [0.29, 0.717) is 6.08 Å². The quantitative estimate of drug-likeness (QED) is 0.569. The first-order valence-corrected chi connectivity index (χ1v) is 5.30. The van der Waals surface area contributed by atoms with E-state index in [1.165, 1.54) is 24.3 Å². The van der Waals surface area contributed by atoms with Crippen LogP contribution in [0, 0.1) is 6.57 Å². The topological polar surface area (TPSA) is 21.4 Å². The second kappa shape index (κ2) is 14.4. The first kappa shape index (κ1) is 21.3. The molecule has 0 spiro atoms. The Morgan fingerprint density at radius 3 is 2.10 bits per heavy atom. The molecular weight excluding hydrogens is 344 g/mol. The van der Waals surface area contributed by atoms with E-state index < -0.39 is 11.7 Å². The third kappa shape index (κ3) is 10.9. The fourth-order valence-corrected chi connectivity index (χ4v) is 1.01. The molecule has 0 heterocycles. The summed E-state index contributed by atoms with van der Waals surface area (Å²) >= 11 is 0. The van der Waals surface area contributed by atoms with Crippen LogP contribution in [0.1, 0.15) is 20.8 Å². The predicted molar refractivity (Wildman–Crippen MR) is 70.0 cm³/mol. The van der Waals surface area contributed by atoms with Crippen molar-refractivity contribution in [2.75, 3.05) is 7.02 Å². The third-order valence-electron chi connectivity index (χ3n) is 1.59. The maximum atomic E-state index is 12.3. The van der Waals surface area contributed by atoms with Crippen LogP contribution in [-0.4, -0.2) is 19.5 Å². The molecule has 0 N–H and O–H groups in total. The van der Waals surface area contributed by atoms with Crippen molar-refractivity contribution in [3.63, 3.8) is 0 Å². The number of halogens is 3. The summed E-state index contributed by atoms with van der Waals surface area (Å²) in [6.07, 6.45) is -2.99. The molecule has 0 aromatic heterocycles. The van der Waals surface area contributed by atoms with Crippen molar-refractivity contribution in [3.05, 3.63) is 53.4 Å². The van der Waals surface area contributed by atoms with Crippen LogP contribution in [0.5, 0.6) is 0 Å². The molecule has 0 aliphatic carbocycles. The Bertz CT molecular complexity index is 442. The van der Waals surface area contributed by atoms with Crippen molar-refractivity contribution >= 4 is 11.9 Å². The molecule has 1 aromatic carbocycles. The molecule has 1 aromatic rings. The minimum Gasteiger partial charge on any atom is -0.419 e. The van der Waals surface area contributed by atoms with Crippen molar-refractivity contribution in [1.82, 2.24) is 0 Å². The maximum Gasteiger partial charge on any atom is 0.349 e. The van der Waals surface area contributed by atoms with Crippen molar-refractivity contribution in [3.8, 4) is 0 Å². The summed E-state index contributed by atoms with van der Waals surface area (Å²) in [6.45, 7) is 9.89. The first-order valence-electron chi connectivity index (χ1n) is 6.01. The smallest absolute Gasteiger partial charge is 0.349 e. The Balaban J connectivity index is -0.000000401. The SMILES string of the molecule is CC.O=[C-]/C=C(\c1ccccc1)C(F)(F)F.[3H]C[N+]#[C-].[Y]. The summed E-state index contributed by atoms with van der Waals surface area (Å²) in [4.78, 5) is 12.6. The summed E-state index contributed by atoms with van der Waals surface area (Å²) in [5.41, 5.74) is -1.02. The average Bonchev–Trinajstić information content (AvgIpc) is 2.47. The molecule has 1 rings (SSSR count). The summed E-state index contributed by atoms with van der Waals surface area (Å²) in [6, 6.07) is 7.12. The van der Waals surface area contributed by atoms with Crippen LogP contribution in [-0.2, 0) is 37.5 Å². The summed E-state index contributed by atoms with van der Waals surface area (Å²) in [5, 5.41) is 0. The molecule has 1 radical (unpaired) electrons. The second-order valence-corrected chi connectivity index (χ2v) is 2.70. The van der Waals surface area contributed by atoms with E-state index in [0.717, 1.165) is 6.29 Å². The van der Waals surface area contributed by atoms with Gasteiger partial charge >= 0.3 is 6.18 Å². The van der Waals surface area contributed by atoms with Gasteiger partial charge in [0.1, 0.15) is 1.37 Å². The van der Waals surface area contributed by atoms with Crippen LogP contribution in [0.3, 0.4) is 0 Å². The Labute approximate surface area is 144 Å². The van der Waals surface area contributed by atoms with Gasteiger partial charge in [0, 0.05) is 32.7 Å². The Kier molecular flexibility index (Phi) is 15.4. The van der Waals surface area contributed by atoms with E-state index in [1.54, 1.807) is 6.07 Å². The van der Waals surface area contributed by atoms with Crippen LogP contribution in [0.25, 0.3) is 10.4 Å². The molecule has 0 unspecified atom stereocenters. The van der Waals surface area contributed by atoms with Crippen LogP contribution in [0.15, 0.2) is 36.4 Å². The van der Waals surface area contributed by atoms with Gasteiger partial charge < -0.3 is 9.64 Å². The van der Waals surface area contributed by atoms with E-state index in [4.69, 9.17) is 7.94 Å². The van der Waals surface area contributed by atoms with Crippen molar-refractivity contribution in [2.24, 2.45) is 0 Å². The first-order chi connectivity index (χ1) is 9.47. The fourth-order valence-electron chi connectivity index (χ4n) is 1.01. The van der Waals surface area contributed by atoms with Gasteiger partial charge in [0.15, 0.2) is 0 Å². The molecule has 0 atom stereocenters. The van der Waals surface area contributed by atoms with E-state index in [9.17, 15) is 18.0 Å². The molecule has 20 heavy (non-hydrogen) atoms. The zero-order chi connectivity index (χ0) is 16.0. The zero-order valence-electron chi connectivity index (χ0n) is 12.2.